The molecule has 1 saturated heterocycles. The molecule has 16 heavy (non-hydrogen) atoms. The van der Waals surface area contributed by atoms with Crippen molar-refractivity contribution in [2.45, 2.75) is 47.0 Å². The molecule has 1 aliphatic rings. The van der Waals surface area contributed by atoms with Gasteiger partial charge in [0.25, 0.3) is 0 Å². The van der Waals surface area contributed by atoms with Crippen LogP contribution in [0.4, 0.5) is 0 Å². The number of hydrogen-bond donors (Lipinski definition) is 1. The molecule has 0 amide bonds. The molecule has 0 aromatic heterocycles. The number of rotatable bonds is 7. The normalized spacial score (nSPS) is 22.9. The molecule has 0 bridgehead atoms. The summed E-state index contributed by atoms with van der Waals surface area (Å²) in [6.07, 6.45) is 3.91. The molecular formula is C14H30N2. The van der Waals surface area contributed by atoms with Crippen LogP contribution in [0, 0.1) is 11.3 Å². The maximum atomic E-state index is 3.55. The molecule has 2 heteroatoms. The van der Waals surface area contributed by atoms with Crippen LogP contribution in [0.3, 0.4) is 0 Å². The Morgan fingerprint density at radius 1 is 1.31 bits per heavy atom. The van der Waals surface area contributed by atoms with Crippen LogP contribution in [0.25, 0.3) is 0 Å². The fourth-order valence-corrected chi connectivity index (χ4v) is 2.42. The van der Waals surface area contributed by atoms with Crippen molar-refractivity contribution in [1.82, 2.24) is 10.2 Å². The van der Waals surface area contributed by atoms with Crippen molar-refractivity contribution in [2.24, 2.45) is 11.3 Å². The van der Waals surface area contributed by atoms with Crippen molar-refractivity contribution >= 4 is 0 Å². The van der Waals surface area contributed by atoms with E-state index in [0.717, 1.165) is 5.92 Å². The summed E-state index contributed by atoms with van der Waals surface area (Å²) in [6, 6.07) is 0. The zero-order chi connectivity index (χ0) is 12.0. The summed E-state index contributed by atoms with van der Waals surface area (Å²) < 4.78 is 0. The van der Waals surface area contributed by atoms with Crippen molar-refractivity contribution in [2.75, 3.05) is 32.7 Å². The lowest BCUT2D eigenvalue weighted by Gasteiger charge is -2.29. The van der Waals surface area contributed by atoms with E-state index < -0.39 is 0 Å². The average molecular weight is 226 g/mol. The van der Waals surface area contributed by atoms with E-state index in [0.29, 0.717) is 5.41 Å². The first kappa shape index (κ1) is 14.0. The Labute approximate surface area is 102 Å². The highest BCUT2D eigenvalue weighted by atomic mass is 15.2. The van der Waals surface area contributed by atoms with Crippen molar-refractivity contribution in [3.63, 3.8) is 0 Å². The lowest BCUT2D eigenvalue weighted by Crippen LogP contribution is -2.33. The Balaban J connectivity index is 2.19. The van der Waals surface area contributed by atoms with Gasteiger partial charge in [-0.25, -0.2) is 0 Å². The zero-order valence-corrected chi connectivity index (χ0v) is 11.7. The Kier molecular flexibility index (Phi) is 5.77. The van der Waals surface area contributed by atoms with Crippen molar-refractivity contribution < 1.29 is 0 Å². The fourth-order valence-electron chi connectivity index (χ4n) is 2.42. The Morgan fingerprint density at radius 3 is 2.69 bits per heavy atom. The van der Waals surface area contributed by atoms with E-state index in [1.54, 1.807) is 0 Å². The van der Waals surface area contributed by atoms with Crippen LogP contribution < -0.4 is 5.32 Å². The van der Waals surface area contributed by atoms with Crippen LogP contribution in [0.2, 0.25) is 0 Å². The maximum absolute atomic E-state index is 3.55. The average Bonchev–Trinajstić information content (AvgIpc) is 2.65. The molecule has 1 rings (SSSR count). The Hall–Kier alpha value is -0.0800. The van der Waals surface area contributed by atoms with Crippen LogP contribution >= 0.6 is 0 Å². The molecule has 1 aliphatic heterocycles. The van der Waals surface area contributed by atoms with Gasteiger partial charge >= 0.3 is 0 Å². The number of likely N-dealkylation sites (tertiary alicyclic amines) is 1. The van der Waals surface area contributed by atoms with Gasteiger partial charge in [-0.3, -0.25) is 0 Å². The van der Waals surface area contributed by atoms with Crippen molar-refractivity contribution in [1.29, 1.82) is 0 Å². The highest BCUT2D eigenvalue weighted by Crippen LogP contribution is 2.25. The molecule has 1 N–H and O–H groups in total. The zero-order valence-electron chi connectivity index (χ0n) is 11.7. The number of hydrogen-bond acceptors (Lipinski definition) is 2. The van der Waals surface area contributed by atoms with E-state index in [-0.39, 0.29) is 0 Å². The summed E-state index contributed by atoms with van der Waals surface area (Å²) in [5.41, 5.74) is 0.492. The third kappa shape index (κ3) is 4.84. The van der Waals surface area contributed by atoms with Crippen LogP contribution in [0.5, 0.6) is 0 Å². The van der Waals surface area contributed by atoms with E-state index in [1.165, 1.54) is 52.0 Å². The van der Waals surface area contributed by atoms with Gasteiger partial charge in [-0.05, 0) is 50.2 Å². The molecule has 96 valence electrons. The third-order valence-corrected chi connectivity index (χ3v) is 3.84. The first-order valence-electron chi connectivity index (χ1n) is 7.00. The lowest BCUT2D eigenvalue weighted by molar-refractivity contribution is 0.198. The van der Waals surface area contributed by atoms with Crippen LogP contribution in [0.1, 0.15) is 47.0 Å². The van der Waals surface area contributed by atoms with Gasteiger partial charge in [-0.2, -0.15) is 0 Å². The molecule has 1 fully saturated rings. The molecule has 1 atom stereocenters. The Morgan fingerprint density at radius 2 is 2.06 bits per heavy atom. The second-order valence-corrected chi connectivity index (χ2v) is 6.11. The third-order valence-electron chi connectivity index (χ3n) is 3.84. The molecule has 0 aromatic carbocycles. The maximum Gasteiger partial charge on any atom is 0.00327 e. The highest BCUT2D eigenvalue weighted by molar-refractivity contribution is 4.81. The van der Waals surface area contributed by atoms with Gasteiger partial charge in [0.05, 0.1) is 0 Å². The second kappa shape index (κ2) is 6.61. The molecule has 0 radical (unpaired) electrons. The summed E-state index contributed by atoms with van der Waals surface area (Å²) in [5, 5.41) is 3.55. The molecule has 1 heterocycles. The summed E-state index contributed by atoms with van der Waals surface area (Å²) in [7, 11) is 0. The smallest absolute Gasteiger partial charge is 0.00327 e. The molecule has 0 spiro atoms. The van der Waals surface area contributed by atoms with Crippen LogP contribution in [-0.2, 0) is 0 Å². The minimum atomic E-state index is 0.492. The Bertz CT molecular complexity index is 189. The van der Waals surface area contributed by atoms with Gasteiger partial charge in [-0.15, -0.1) is 0 Å². The van der Waals surface area contributed by atoms with Crippen molar-refractivity contribution in [3.05, 3.63) is 0 Å². The number of nitrogens with one attached hydrogen (secondary N) is 1. The van der Waals surface area contributed by atoms with E-state index in [4.69, 9.17) is 0 Å². The predicted molar refractivity (Wildman–Crippen MR) is 71.8 cm³/mol. The molecule has 2 nitrogen and oxygen atoms in total. The minimum Gasteiger partial charge on any atom is -0.316 e. The minimum absolute atomic E-state index is 0.492. The van der Waals surface area contributed by atoms with Gasteiger partial charge in [0.1, 0.15) is 0 Å². The molecule has 0 saturated carbocycles. The predicted octanol–water partition coefficient (Wildman–Crippen LogP) is 2.74. The lowest BCUT2D eigenvalue weighted by atomic mass is 9.90. The summed E-state index contributed by atoms with van der Waals surface area (Å²) in [5.74, 6) is 0.888. The molecule has 0 aromatic rings. The van der Waals surface area contributed by atoms with Gasteiger partial charge in [-0.1, -0.05) is 27.7 Å². The van der Waals surface area contributed by atoms with Gasteiger partial charge in [0.2, 0.25) is 0 Å². The second-order valence-electron chi connectivity index (χ2n) is 6.11. The van der Waals surface area contributed by atoms with Gasteiger partial charge in [0, 0.05) is 13.1 Å². The highest BCUT2D eigenvalue weighted by Gasteiger charge is 2.26. The molecular weight excluding hydrogens is 196 g/mol. The fraction of sp³-hybridized carbons (Fsp3) is 1.00. The summed E-state index contributed by atoms with van der Waals surface area (Å²) >= 11 is 0. The van der Waals surface area contributed by atoms with E-state index in [1.807, 2.05) is 0 Å². The van der Waals surface area contributed by atoms with Crippen molar-refractivity contribution in [3.8, 4) is 0 Å². The van der Waals surface area contributed by atoms with Gasteiger partial charge in [0.15, 0.2) is 0 Å². The van der Waals surface area contributed by atoms with E-state index in [9.17, 15) is 0 Å². The SMILES string of the molecule is CCCNCC1CCN(CC(C)(C)CC)C1. The summed E-state index contributed by atoms with van der Waals surface area (Å²) in [4.78, 5) is 2.65. The first-order chi connectivity index (χ1) is 7.57. The first-order valence-corrected chi connectivity index (χ1v) is 7.00. The van der Waals surface area contributed by atoms with Gasteiger partial charge < -0.3 is 10.2 Å². The monoisotopic (exact) mass is 226 g/mol. The molecule has 1 unspecified atom stereocenters. The standard InChI is InChI=1S/C14H30N2/c1-5-8-15-10-13-7-9-16(11-13)12-14(3,4)6-2/h13,15H,5-12H2,1-4H3. The quantitative estimate of drug-likeness (QED) is 0.672. The van der Waals surface area contributed by atoms with E-state index >= 15 is 0 Å². The van der Waals surface area contributed by atoms with E-state index in [2.05, 4.69) is 37.9 Å². The molecule has 0 aliphatic carbocycles. The largest absolute Gasteiger partial charge is 0.316 e. The number of nitrogens with zero attached hydrogens (tertiary/aromatic N) is 1. The summed E-state index contributed by atoms with van der Waals surface area (Å²) in [6.45, 7) is 15.6. The van der Waals surface area contributed by atoms with Crippen LogP contribution in [0.15, 0.2) is 0 Å². The van der Waals surface area contributed by atoms with Crippen LogP contribution in [-0.4, -0.2) is 37.6 Å². The topological polar surface area (TPSA) is 15.3 Å².